The second-order valence-corrected chi connectivity index (χ2v) is 12.5. The van der Waals surface area contributed by atoms with Crippen molar-refractivity contribution < 1.29 is 14.1 Å². The third-order valence-electron chi connectivity index (χ3n) is 7.81. The number of furan rings is 1. The van der Waals surface area contributed by atoms with Crippen LogP contribution in [0.2, 0.25) is 0 Å². The Morgan fingerprint density at radius 3 is 2.65 bits per heavy atom. The summed E-state index contributed by atoms with van der Waals surface area (Å²) in [7, 11) is 0. The van der Waals surface area contributed by atoms with Crippen LogP contribution < -0.4 is 5.32 Å². The molecular weight excluding hydrogens is 524 g/mol. The summed E-state index contributed by atoms with van der Waals surface area (Å²) in [6.07, 6.45) is 6.29. The third kappa shape index (κ3) is 5.51. The fourth-order valence-electron chi connectivity index (χ4n) is 5.47. The Morgan fingerprint density at radius 2 is 2.00 bits per heavy atom. The number of carbonyl (C=O) groups excluding carboxylic acids is 1. The highest BCUT2D eigenvalue weighted by molar-refractivity contribution is 7.16. The Bertz CT molecular complexity index is 1570. The van der Waals surface area contributed by atoms with E-state index >= 15 is 0 Å². The Labute approximate surface area is 237 Å². The largest absolute Gasteiger partial charge is 0.467 e. The first kappa shape index (κ1) is 27.6. The van der Waals surface area contributed by atoms with E-state index in [0.717, 1.165) is 52.5 Å². The highest BCUT2D eigenvalue weighted by Crippen LogP contribution is 2.45. The zero-order valence-corrected chi connectivity index (χ0v) is 24.3. The maximum atomic E-state index is 13.5. The van der Waals surface area contributed by atoms with Crippen molar-refractivity contribution in [1.29, 1.82) is 0 Å². The number of nitro groups is 1. The molecule has 5 rings (SSSR count). The highest BCUT2D eigenvalue weighted by Gasteiger charge is 2.33. The van der Waals surface area contributed by atoms with E-state index in [1.54, 1.807) is 29.7 Å². The number of nitrogens with one attached hydrogen (secondary N) is 1. The van der Waals surface area contributed by atoms with Crippen molar-refractivity contribution in [1.82, 2.24) is 9.88 Å². The lowest BCUT2D eigenvalue weighted by molar-refractivity contribution is -0.384. The predicted molar refractivity (Wildman–Crippen MR) is 158 cm³/mol. The van der Waals surface area contributed by atoms with Gasteiger partial charge >= 0.3 is 0 Å². The summed E-state index contributed by atoms with van der Waals surface area (Å²) in [5, 5.41) is 14.8. The molecule has 0 saturated heterocycles. The summed E-state index contributed by atoms with van der Waals surface area (Å²) in [5.41, 5.74) is 5.76. The molecule has 9 heteroatoms. The van der Waals surface area contributed by atoms with E-state index in [1.807, 2.05) is 38.3 Å². The van der Waals surface area contributed by atoms with Crippen LogP contribution in [0.3, 0.4) is 0 Å². The summed E-state index contributed by atoms with van der Waals surface area (Å²) in [4.78, 5) is 30.3. The number of aromatic nitrogens is 1. The van der Waals surface area contributed by atoms with Gasteiger partial charge in [0.15, 0.2) is 0 Å². The van der Waals surface area contributed by atoms with Gasteiger partial charge in [-0.3, -0.25) is 14.9 Å². The molecule has 0 aliphatic heterocycles. The fraction of sp³-hybridized carbons (Fsp3) is 0.355. The van der Waals surface area contributed by atoms with Crippen LogP contribution in [0.25, 0.3) is 5.69 Å². The fourth-order valence-corrected chi connectivity index (χ4v) is 6.74. The van der Waals surface area contributed by atoms with Crippen LogP contribution in [0.4, 0.5) is 10.7 Å². The second-order valence-electron chi connectivity index (χ2n) is 11.4. The van der Waals surface area contributed by atoms with Gasteiger partial charge in [-0.05, 0) is 80.3 Å². The van der Waals surface area contributed by atoms with Crippen LogP contribution in [-0.4, -0.2) is 21.6 Å². The molecule has 40 heavy (non-hydrogen) atoms. The molecule has 1 aliphatic rings. The number of amides is 1. The van der Waals surface area contributed by atoms with Gasteiger partial charge in [0.2, 0.25) is 0 Å². The van der Waals surface area contributed by atoms with Crippen molar-refractivity contribution in [3.63, 3.8) is 0 Å². The molecule has 3 aromatic heterocycles. The maximum absolute atomic E-state index is 13.5. The van der Waals surface area contributed by atoms with E-state index in [1.165, 1.54) is 17.0 Å². The van der Waals surface area contributed by atoms with Gasteiger partial charge in [-0.15, -0.1) is 11.3 Å². The van der Waals surface area contributed by atoms with Crippen molar-refractivity contribution in [3.8, 4) is 5.69 Å². The van der Waals surface area contributed by atoms with E-state index in [4.69, 9.17) is 9.41 Å². The van der Waals surface area contributed by atoms with Gasteiger partial charge in [-0.25, -0.2) is 4.99 Å². The Morgan fingerprint density at radius 1 is 1.25 bits per heavy atom. The average Bonchev–Trinajstić information content (AvgIpc) is 3.62. The minimum absolute atomic E-state index is 0.0567. The van der Waals surface area contributed by atoms with Crippen molar-refractivity contribution in [2.75, 3.05) is 0 Å². The molecule has 0 saturated carbocycles. The number of carbonyl (C=O) groups is 1. The van der Waals surface area contributed by atoms with Gasteiger partial charge in [0.05, 0.1) is 23.3 Å². The van der Waals surface area contributed by atoms with Gasteiger partial charge in [-0.2, -0.15) is 0 Å². The van der Waals surface area contributed by atoms with Crippen molar-refractivity contribution in [3.05, 3.63) is 97.6 Å². The van der Waals surface area contributed by atoms with Gasteiger partial charge in [0.25, 0.3) is 11.6 Å². The lowest BCUT2D eigenvalue weighted by Gasteiger charge is -2.33. The van der Waals surface area contributed by atoms with Crippen molar-refractivity contribution >= 4 is 34.1 Å². The highest BCUT2D eigenvalue weighted by atomic mass is 32.1. The Hall–Kier alpha value is -3.98. The standard InChI is InChI=1S/C31H34N4O4S/c1-19-15-21(20(2)34(19)23-9-11-24(12-10-23)35(37)38)17-33-30-28(29(36)32-18-25-7-6-14-39-25)26-13-8-22(31(3,4)5)16-27(26)40-30/h6-7,9-12,14-15,17,22H,8,13,16,18H2,1-5H3,(H,32,36)/t22-/m1/s1. The number of non-ortho nitro benzene ring substituents is 1. The zero-order chi connectivity index (χ0) is 28.6. The average molecular weight is 559 g/mol. The molecule has 0 fully saturated rings. The van der Waals surface area contributed by atoms with Crippen LogP contribution in [0.1, 0.15) is 70.7 Å². The topological polar surface area (TPSA) is 103 Å². The van der Waals surface area contributed by atoms with Crippen LogP contribution in [-0.2, 0) is 19.4 Å². The van der Waals surface area contributed by atoms with E-state index < -0.39 is 4.92 Å². The van der Waals surface area contributed by atoms with E-state index in [2.05, 4.69) is 30.7 Å². The van der Waals surface area contributed by atoms with E-state index in [-0.39, 0.29) is 17.0 Å². The Kier molecular flexibility index (Phi) is 7.51. The molecule has 8 nitrogen and oxygen atoms in total. The monoisotopic (exact) mass is 558 g/mol. The minimum atomic E-state index is -0.399. The second kappa shape index (κ2) is 10.9. The first-order valence-electron chi connectivity index (χ1n) is 13.5. The lowest BCUT2D eigenvalue weighted by Crippen LogP contribution is -2.28. The number of fused-ring (bicyclic) bond motifs is 1. The summed E-state index contributed by atoms with van der Waals surface area (Å²) in [6, 6.07) is 12.2. The molecule has 0 spiro atoms. The van der Waals surface area contributed by atoms with E-state index in [9.17, 15) is 14.9 Å². The van der Waals surface area contributed by atoms with Crippen LogP contribution in [0.5, 0.6) is 0 Å². The van der Waals surface area contributed by atoms with Gasteiger partial charge in [0.1, 0.15) is 10.8 Å². The molecule has 0 radical (unpaired) electrons. The molecule has 1 atom stereocenters. The van der Waals surface area contributed by atoms with Gasteiger partial charge in [0, 0.05) is 45.9 Å². The van der Waals surface area contributed by atoms with Crippen molar-refractivity contribution in [2.24, 2.45) is 16.3 Å². The normalized spacial score (nSPS) is 15.4. The molecule has 0 unspecified atom stereocenters. The summed E-state index contributed by atoms with van der Waals surface area (Å²) in [5.74, 6) is 1.12. The number of benzene rings is 1. The number of aryl methyl sites for hydroxylation is 1. The number of hydrogen-bond donors (Lipinski definition) is 1. The van der Waals surface area contributed by atoms with Crippen LogP contribution in [0, 0.1) is 35.3 Å². The smallest absolute Gasteiger partial charge is 0.269 e. The minimum Gasteiger partial charge on any atom is -0.467 e. The summed E-state index contributed by atoms with van der Waals surface area (Å²) in [6.45, 7) is 11.2. The molecule has 208 valence electrons. The third-order valence-corrected chi connectivity index (χ3v) is 8.97. The molecule has 3 heterocycles. The summed E-state index contributed by atoms with van der Waals surface area (Å²) < 4.78 is 7.46. The van der Waals surface area contributed by atoms with Crippen LogP contribution in [0.15, 0.2) is 58.1 Å². The van der Waals surface area contributed by atoms with Gasteiger partial charge < -0.3 is 14.3 Å². The predicted octanol–water partition coefficient (Wildman–Crippen LogP) is 7.49. The lowest BCUT2D eigenvalue weighted by atomic mass is 9.72. The van der Waals surface area contributed by atoms with Crippen LogP contribution >= 0.6 is 11.3 Å². The number of nitrogens with zero attached hydrogens (tertiary/aromatic N) is 3. The molecule has 0 bridgehead atoms. The van der Waals surface area contributed by atoms with Crippen molar-refractivity contribution in [2.45, 2.75) is 60.4 Å². The molecule has 1 amide bonds. The maximum Gasteiger partial charge on any atom is 0.269 e. The number of nitro benzene ring substituents is 1. The number of thiophene rings is 1. The number of aliphatic imine (C=N–C) groups is 1. The SMILES string of the molecule is Cc1cc(C=Nc2sc3c(c2C(=O)NCc2ccco2)CC[C@@H](C(C)(C)C)C3)c(C)n1-c1ccc([N+](=O)[O-])cc1. The Balaban J connectivity index is 1.47. The molecule has 1 aromatic carbocycles. The molecule has 1 aliphatic carbocycles. The summed E-state index contributed by atoms with van der Waals surface area (Å²) >= 11 is 1.62. The molecule has 1 N–H and O–H groups in total. The van der Waals surface area contributed by atoms with E-state index in [0.29, 0.717) is 23.8 Å². The number of hydrogen-bond acceptors (Lipinski definition) is 6. The van der Waals surface area contributed by atoms with Gasteiger partial charge in [-0.1, -0.05) is 20.8 Å². The zero-order valence-electron chi connectivity index (χ0n) is 23.5. The molecular formula is C31H34N4O4S. The quantitative estimate of drug-likeness (QED) is 0.144. The molecule has 4 aromatic rings. The first-order valence-corrected chi connectivity index (χ1v) is 14.3. The first-order chi connectivity index (χ1) is 19.0. The number of rotatable bonds is 7.